The predicted molar refractivity (Wildman–Crippen MR) is 98.1 cm³/mol. The van der Waals surface area contributed by atoms with Crippen molar-refractivity contribution in [1.82, 2.24) is 0 Å². The first-order valence-corrected chi connectivity index (χ1v) is 15.8. The molecule has 0 saturated carbocycles. The van der Waals surface area contributed by atoms with Gasteiger partial charge in [0.25, 0.3) is 0 Å². The summed E-state index contributed by atoms with van der Waals surface area (Å²) in [6, 6.07) is 10.8. The monoisotopic (exact) mass is 402 g/mol. The van der Waals surface area contributed by atoms with Crippen molar-refractivity contribution in [2.75, 3.05) is 0 Å². The van der Waals surface area contributed by atoms with Gasteiger partial charge in [-0.2, -0.15) is 0 Å². The molecule has 0 amide bonds. The Morgan fingerprint density at radius 2 is 1.30 bits per heavy atom. The molecule has 2 aliphatic rings. The summed E-state index contributed by atoms with van der Waals surface area (Å²) in [5.41, 5.74) is 7.26. The number of hydrogen-bond acceptors (Lipinski definition) is 0. The standard InChI is InChI=1S/2C7H9.C7H7.ClH.Zr/c2*1-6-3-4-7(2)5-6;1-7-5-3-2-4-6-7;;/h2*3H,4H2,1-2H3;2-6H,1H2;1H;/q;;;;+1/p-1. The fraction of sp³-hybridized carbons (Fsp3) is 0.333. The average molecular weight is 404 g/mol. The minimum absolute atomic E-state index is 1.05. The minimum atomic E-state index is -3.22. The Hall–Kier alpha value is -0.647. The topological polar surface area (TPSA) is 0 Å². The maximum atomic E-state index is 7.68. The molecule has 0 aliphatic heterocycles. The summed E-state index contributed by atoms with van der Waals surface area (Å²) in [6.45, 7) is 9.08. The van der Waals surface area contributed by atoms with Gasteiger partial charge in [0, 0.05) is 0 Å². The SMILES string of the molecule is CC1=CCC(C)=[C]1[Zr]([Cl])([CH2]c1ccccc1)[C]1=C(C)CC=C1C. The molecule has 0 radical (unpaired) electrons. The van der Waals surface area contributed by atoms with Crippen molar-refractivity contribution in [2.45, 2.75) is 44.7 Å². The molecular weight excluding hydrogens is 379 g/mol. The second kappa shape index (κ2) is 6.69. The molecule has 0 saturated heterocycles. The number of benzene rings is 1. The van der Waals surface area contributed by atoms with Crippen LogP contribution in [0.5, 0.6) is 0 Å². The second-order valence-corrected chi connectivity index (χ2v) is 18.0. The van der Waals surface area contributed by atoms with Crippen LogP contribution in [0.3, 0.4) is 0 Å². The summed E-state index contributed by atoms with van der Waals surface area (Å²) in [5, 5.41) is 0. The van der Waals surface area contributed by atoms with Gasteiger partial charge < -0.3 is 0 Å². The van der Waals surface area contributed by atoms with Crippen LogP contribution in [0.25, 0.3) is 0 Å². The van der Waals surface area contributed by atoms with Crippen LogP contribution in [-0.2, 0) is 23.2 Å². The van der Waals surface area contributed by atoms with Gasteiger partial charge in [-0.3, -0.25) is 0 Å². The normalized spacial score (nSPS) is 18.7. The predicted octanol–water partition coefficient (Wildman–Crippen LogP) is 6.74. The molecule has 0 heterocycles. The molecule has 1 aromatic carbocycles. The van der Waals surface area contributed by atoms with E-state index in [-0.39, 0.29) is 0 Å². The molecule has 0 aromatic heterocycles. The third kappa shape index (κ3) is 3.15. The van der Waals surface area contributed by atoms with Gasteiger partial charge in [0.05, 0.1) is 0 Å². The van der Waals surface area contributed by atoms with E-state index in [1.54, 1.807) is 6.56 Å². The number of halogens is 1. The zero-order chi connectivity index (χ0) is 16.6. The van der Waals surface area contributed by atoms with Gasteiger partial charge in [0.1, 0.15) is 0 Å². The fourth-order valence-electron chi connectivity index (χ4n) is 4.17. The van der Waals surface area contributed by atoms with Crippen LogP contribution >= 0.6 is 8.51 Å². The van der Waals surface area contributed by atoms with Crippen molar-refractivity contribution in [2.24, 2.45) is 0 Å². The van der Waals surface area contributed by atoms with Crippen molar-refractivity contribution in [1.29, 1.82) is 0 Å². The van der Waals surface area contributed by atoms with Gasteiger partial charge in [-0.25, -0.2) is 0 Å². The number of hydrogen-bond donors (Lipinski definition) is 0. The fourth-order valence-corrected chi connectivity index (χ4v) is 19.6. The summed E-state index contributed by atoms with van der Waals surface area (Å²) in [6.07, 6.45) is 6.90. The molecule has 0 fully saturated rings. The van der Waals surface area contributed by atoms with Crippen molar-refractivity contribution in [3.8, 4) is 0 Å². The third-order valence-electron chi connectivity index (χ3n) is 5.15. The Bertz CT molecular complexity index is 705. The molecule has 0 atom stereocenters. The van der Waals surface area contributed by atoms with Crippen molar-refractivity contribution in [3.63, 3.8) is 0 Å². The Balaban J connectivity index is 2.15. The Morgan fingerprint density at radius 3 is 1.70 bits per heavy atom. The van der Waals surface area contributed by atoms with E-state index in [2.05, 4.69) is 70.2 Å². The summed E-state index contributed by atoms with van der Waals surface area (Å²) in [7, 11) is 7.68. The van der Waals surface area contributed by atoms with Crippen LogP contribution < -0.4 is 0 Å². The van der Waals surface area contributed by atoms with E-state index in [1.165, 1.54) is 27.9 Å². The maximum absolute atomic E-state index is 7.68. The zero-order valence-corrected chi connectivity index (χ0v) is 17.8. The van der Waals surface area contributed by atoms with Crippen LogP contribution in [0.4, 0.5) is 0 Å². The molecule has 120 valence electrons. The zero-order valence-electron chi connectivity index (χ0n) is 14.5. The van der Waals surface area contributed by atoms with Gasteiger partial charge in [0.2, 0.25) is 0 Å². The van der Waals surface area contributed by atoms with Crippen molar-refractivity contribution >= 4 is 8.51 Å². The molecule has 23 heavy (non-hydrogen) atoms. The van der Waals surface area contributed by atoms with Crippen LogP contribution in [0.1, 0.15) is 46.1 Å². The van der Waals surface area contributed by atoms with Crippen LogP contribution in [0.15, 0.2) is 71.3 Å². The molecule has 0 nitrogen and oxygen atoms in total. The summed E-state index contributed by atoms with van der Waals surface area (Å²) in [4.78, 5) is 0. The quantitative estimate of drug-likeness (QED) is 0.521. The number of allylic oxidation sites excluding steroid dienone is 8. The van der Waals surface area contributed by atoms with E-state index in [0.29, 0.717) is 0 Å². The molecule has 0 spiro atoms. The van der Waals surface area contributed by atoms with Gasteiger partial charge >= 0.3 is 149 Å². The Morgan fingerprint density at radius 1 is 0.826 bits per heavy atom. The van der Waals surface area contributed by atoms with Gasteiger partial charge in [0.15, 0.2) is 0 Å². The van der Waals surface area contributed by atoms with E-state index < -0.39 is 19.1 Å². The molecule has 0 N–H and O–H groups in total. The molecule has 0 unspecified atom stereocenters. The van der Waals surface area contributed by atoms with Crippen LogP contribution in [0.2, 0.25) is 0 Å². The molecular formula is C21H25ClZr. The van der Waals surface area contributed by atoms with E-state index in [4.69, 9.17) is 8.51 Å². The van der Waals surface area contributed by atoms with Crippen molar-refractivity contribution < 1.29 is 19.1 Å². The van der Waals surface area contributed by atoms with E-state index in [9.17, 15) is 0 Å². The first-order valence-electron chi connectivity index (χ1n) is 8.41. The third-order valence-corrected chi connectivity index (χ3v) is 18.3. The van der Waals surface area contributed by atoms with Gasteiger partial charge in [-0.15, -0.1) is 0 Å². The Kier molecular flexibility index (Phi) is 5.00. The molecule has 3 rings (SSSR count). The summed E-state index contributed by atoms with van der Waals surface area (Å²) < 4.78 is 4.15. The van der Waals surface area contributed by atoms with Gasteiger partial charge in [-0.05, 0) is 0 Å². The van der Waals surface area contributed by atoms with Crippen LogP contribution in [0, 0.1) is 0 Å². The first kappa shape index (κ1) is 17.2. The molecule has 1 aromatic rings. The molecule has 2 aliphatic carbocycles. The van der Waals surface area contributed by atoms with E-state index >= 15 is 0 Å². The first-order chi connectivity index (χ1) is 10.9. The van der Waals surface area contributed by atoms with Gasteiger partial charge in [-0.1, -0.05) is 0 Å². The summed E-state index contributed by atoms with van der Waals surface area (Å²) >= 11 is -3.22. The average Bonchev–Trinajstić information content (AvgIpc) is 3.03. The van der Waals surface area contributed by atoms with E-state index in [1.807, 2.05) is 0 Å². The van der Waals surface area contributed by atoms with Crippen molar-refractivity contribution in [3.05, 3.63) is 76.9 Å². The van der Waals surface area contributed by atoms with Crippen LogP contribution in [-0.4, -0.2) is 0 Å². The number of rotatable bonds is 4. The Labute approximate surface area is 148 Å². The van der Waals surface area contributed by atoms with E-state index in [0.717, 1.165) is 17.0 Å². The second-order valence-electron chi connectivity index (χ2n) is 6.96. The molecule has 0 bridgehead atoms. The molecule has 2 heteroatoms. The summed E-state index contributed by atoms with van der Waals surface area (Å²) in [5.74, 6) is 0.